The summed E-state index contributed by atoms with van der Waals surface area (Å²) in [4.78, 5) is 2.27. The molecule has 0 heterocycles. The highest BCUT2D eigenvalue weighted by atomic mass is 35.5. The first-order valence-electron chi connectivity index (χ1n) is 6.18. The lowest BCUT2D eigenvalue weighted by Crippen LogP contribution is -2.32. The Hall–Kier alpha value is -0.220. The Morgan fingerprint density at radius 1 is 1.39 bits per heavy atom. The molecule has 0 amide bonds. The number of hydrogen-bond acceptors (Lipinski definition) is 3. The van der Waals surface area contributed by atoms with E-state index >= 15 is 0 Å². The van der Waals surface area contributed by atoms with E-state index in [0.29, 0.717) is 17.5 Å². The van der Waals surface area contributed by atoms with Crippen molar-refractivity contribution in [3.8, 4) is 0 Å². The minimum Gasteiger partial charge on any atom is -0.388 e. The molecule has 102 valence electrons. The van der Waals surface area contributed by atoms with E-state index in [1.54, 1.807) is 0 Å². The molecule has 0 radical (unpaired) electrons. The van der Waals surface area contributed by atoms with Crippen molar-refractivity contribution in [2.24, 2.45) is 0 Å². The Morgan fingerprint density at radius 3 is 2.67 bits per heavy atom. The summed E-state index contributed by atoms with van der Waals surface area (Å²) in [6, 6.07) is 8.02. The molecule has 2 nitrogen and oxygen atoms in total. The fraction of sp³-hybridized carbons (Fsp3) is 0.571. The first kappa shape index (κ1) is 15.8. The molecule has 1 rings (SSSR count). The molecule has 4 heteroatoms. The van der Waals surface area contributed by atoms with Gasteiger partial charge in [-0.3, -0.25) is 0 Å². The summed E-state index contributed by atoms with van der Waals surface area (Å²) in [5.41, 5.74) is 0.824. The van der Waals surface area contributed by atoms with Crippen molar-refractivity contribution < 1.29 is 5.11 Å². The molecule has 1 aromatic rings. The second-order valence-electron chi connectivity index (χ2n) is 4.61. The predicted octanol–water partition coefficient (Wildman–Crippen LogP) is 3.45. The van der Waals surface area contributed by atoms with Crippen LogP contribution in [-0.2, 0) is 0 Å². The van der Waals surface area contributed by atoms with Crippen LogP contribution in [0.25, 0.3) is 0 Å². The van der Waals surface area contributed by atoms with E-state index in [0.717, 1.165) is 17.9 Å². The average Bonchev–Trinajstić information content (AvgIpc) is 2.36. The Labute approximate surface area is 119 Å². The molecule has 0 aromatic heterocycles. The molecule has 0 saturated heterocycles. The van der Waals surface area contributed by atoms with E-state index in [4.69, 9.17) is 11.6 Å². The Morgan fingerprint density at radius 2 is 2.06 bits per heavy atom. The first-order valence-corrected chi connectivity index (χ1v) is 7.95. The number of benzene rings is 1. The summed E-state index contributed by atoms with van der Waals surface area (Å²) < 4.78 is 0. The van der Waals surface area contributed by atoms with Crippen molar-refractivity contribution in [1.82, 2.24) is 4.90 Å². The van der Waals surface area contributed by atoms with Crippen molar-refractivity contribution in [3.63, 3.8) is 0 Å². The summed E-state index contributed by atoms with van der Waals surface area (Å²) in [5.74, 6) is 1.11. The molecule has 2 atom stereocenters. The van der Waals surface area contributed by atoms with Crippen LogP contribution in [0.2, 0.25) is 5.02 Å². The van der Waals surface area contributed by atoms with Gasteiger partial charge in [-0.2, -0.15) is 11.8 Å². The monoisotopic (exact) mass is 287 g/mol. The van der Waals surface area contributed by atoms with Crippen molar-refractivity contribution in [3.05, 3.63) is 34.9 Å². The van der Waals surface area contributed by atoms with E-state index in [1.807, 2.05) is 36.0 Å². The quantitative estimate of drug-likeness (QED) is 0.831. The zero-order chi connectivity index (χ0) is 13.5. The van der Waals surface area contributed by atoms with Crippen LogP contribution < -0.4 is 0 Å². The molecule has 0 aliphatic carbocycles. The third-order valence-electron chi connectivity index (χ3n) is 3.18. The third kappa shape index (κ3) is 4.81. The second kappa shape index (κ2) is 8.05. The van der Waals surface area contributed by atoms with Crippen LogP contribution in [0.3, 0.4) is 0 Å². The number of hydrogen-bond donors (Lipinski definition) is 1. The predicted molar refractivity (Wildman–Crippen MR) is 81.5 cm³/mol. The van der Waals surface area contributed by atoms with Crippen molar-refractivity contribution in [2.45, 2.75) is 25.5 Å². The molecular formula is C14H22ClNOS. The number of halogens is 1. The summed E-state index contributed by atoms with van der Waals surface area (Å²) >= 11 is 7.92. The maximum absolute atomic E-state index is 10.1. The van der Waals surface area contributed by atoms with Gasteiger partial charge in [-0.15, -0.1) is 0 Å². The highest BCUT2D eigenvalue weighted by Crippen LogP contribution is 2.25. The van der Waals surface area contributed by atoms with E-state index in [2.05, 4.69) is 25.1 Å². The van der Waals surface area contributed by atoms with E-state index in [-0.39, 0.29) is 0 Å². The third-order valence-corrected chi connectivity index (χ3v) is 4.34. The van der Waals surface area contributed by atoms with Gasteiger partial charge in [0.25, 0.3) is 0 Å². The Kier molecular flexibility index (Phi) is 7.08. The summed E-state index contributed by atoms with van der Waals surface area (Å²) in [7, 11) is 2.10. The number of rotatable bonds is 7. The molecule has 0 fully saturated rings. The van der Waals surface area contributed by atoms with Gasteiger partial charge in [0, 0.05) is 23.4 Å². The van der Waals surface area contributed by atoms with Gasteiger partial charge in [-0.05, 0) is 38.3 Å². The number of aliphatic hydroxyl groups excluding tert-OH is 1. The summed E-state index contributed by atoms with van der Waals surface area (Å²) in [6.45, 7) is 3.08. The molecule has 0 aliphatic heterocycles. The normalized spacial score (nSPS) is 14.8. The largest absolute Gasteiger partial charge is 0.388 e. The van der Waals surface area contributed by atoms with Crippen LogP contribution in [0.5, 0.6) is 0 Å². The van der Waals surface area contributed by atoms with Crippen molar-refractivity contribution >= 4 is 23.4 Å². The minimum absolute atomic E-state index is 0.484. The maximum Gasteiger partial charge on any atom is 0.0816 e. The standard InChI is InChI=1S/C14H22ClNOS/c1-11(10-18-3)16(2)9-8-14(17)12-6-4-5-7-13(12)15/h4-7,11,14,17H,8-10H2,1-3H3. The fourth-order valence-corrected chi connectivity index (χ4v) is 2.81. The van der Waals surface area contributed by atoms with Gasteiger partial charge < -0.3 is 10.0 Å². The van der Waals surface area contributed by atoms with Crippen LogP contribution in [0.1, 0.15) is 25.0 Å². The molecule has 0 saturated carbocycles. The van der Waals surface area contributed by atoms with Gasteiger partial charge in [0.2, 0.25) is 0 Å². The van der Waals surface area contributed by atoms with Crippen molar-refractivity contribution in [1.29, 1.82) is 0 Å². The van der Waals surface area contributed by atoms with Gasteiger partial charge >= 0.3 is 0 Å². The highest BCUT2D eigenvalue weighted by Gasteiger charge is 2.14. The Balaban J connectivity index is 2.46. The van der Waals surface area contributed by atoms with Crippen LogP contribution >= 0.6 is 23.4 Å². The van der Waals surface area contributed by atoms with E-state index < -0.39 is 6.10 Å². The minimum atomic E-state index is -0.484. The van der Waals surface area contributed by atoms with Crippen LogP contribution in [0.4, 0.5) is 0 Å². The van der Waals surface area contributed by atoms with E-state index in [1.165, 1.54) is 0 Å². The average molecular weight is 288 g/mol. The zero-order valence-electron chi connectivity index (χ0n) is 11.3. The van der Waals surface area contributed by atoms with Crippen LogP contribution in [0.15, 0.2) is 24.3 Å². The lowest BCUT2D eigenvalue weighted by Gasteiger charge is -2.25. The number of nitrogens with zero attached hydrogens (tertiary/aromatic N) is 1. The SMILES string of the molecule is CSCC(C)N(C)CCC(O)c1ccccc1Cl. The smallest absolute Gasteiger partial charge is 0.0816 e. The summed E-state index contributed by atoms with van der Waals surface area (Å²) in [5, 5.41) is 10.8. The topological polar surface area (TPSA) is 23.5 Å². The van der Waals surface area contributed by atoms with E-state index in [9.17, 15) is 5.11 Å². The molecule has 0 aliphatic rings. The van der Waals surface area contributed by atoms with Crippen LogP contribution in [-0.4, -0.2) is 41.6 Å². The van der Waals surface area contributed by atoms with Gasteiger partial charge in [-0.1, -0.05) is 29.8 Å². The molecule has 0 spiro atoms. The first-order chi connectivity index (χ1) is 8.56. The molecule has 18 heavy (non-hydrogen) atoms. The molecule has 1 N–H and O–H groups in total. The number of thioether (sulfide) groups is 1. The lowest BCUT2D eigenvalue weighted by molar-refractivity contribution is 0.142. The maximum atomic E-state index is 10.1. The molecule has 2 unspecified atom stereocenters. The fourth-order valence-electron chi connectivity index (χ4n) is 1.82. The number of aliphatic hydroxyl groups is 1. The molecular weight excluding hydrogens is 266 g/mol. The molecule has 1 aromatic carbocycles. The van der Waals surface area contributed by atoms with Crippen molar-refractivity contribution in [2.75, 3.05) is 25.6 Å². The van der Waals surface area contributed by atoms with Gasteiger partial charge in [0.1, 0.15) is 0 Å². The van der Waals surface area contributed by atoms with Gasteiger partial charge in [0.05, 0.1) is 6.10 Å². The van der Waals surface area contributed by atoms with Crippen LogP contribution in [0, 0.1) is 0 Å². The van der Waals surface area contributed by atoms with Gasteiger partial charge in [0.15, 0.2) is 0 Å². The Bertz CT molecular complexity index is 361. The zero-order valence-corrected chi connectivity index (χ0v) is 12.8. The lowest BCUT2D eigenvalue weighted by atomic mass is 10.1. The van der Waals surface area contributed by atoms with Gasteiger partial charge in [-0.25, -0.2) is 0 Å². The second-order valence-corrected chi connectivity index (χ2v) is 5.93. The highest BCUT2D eigenvalue weighted by molar-refractivity contribution is 7.98. The molecule has 0 bridgehead atoms. The summed E-state index contributed by atoms with van der Waals surface area (Å²) in [6.07, 6.45) is 2.34.